The molecule has 0 radical (unpaired) electrons. The molecule has 1 aromatic rings. The summed E-state index contributed by atoms with van der Waals surface area (Å²) in [5, 5.41) is 4.35. The van der Waals surface area contributed by atoms with Crippen molar-refractivity contribution in [3.63, 3.8) is 0 Å². The highest BCUT2D eigenvalue weighted by Gasteiger charge is 2.33. The number of rotatable bonds is 4. The van der Waals surface area contributed by atoms with Gasteiger partial charge >= 0.3 is 0 Å². The molecule has 3 unspecified atom stereocenters. The number of hydrogen-bond donors (Lipinski definition) is 1. The normalized spacial score (nSPS) is 26.6. The Hall–Kier alpha value is -0.930. The van der Waals surface area contributed by atoms with Gasteiger partial charge in [0.1, 0.15) is 5.75 Å². The Balaban J connectivity index is 2.24. The monoisotopic (exact) mass is 296 g/mol. The summed E-state index contributed by atoms with van der Waals surface area (Å²) in [6.45, 7) is 8.83. The van der Waals surface area contributed by atoms with Crippen molar-refractivity contribution in [2.45, 2.75) is 39.3 Å². The van der Waals surface area contributed by atoms with Crippen LogP contribution in [-0.2, 0) is 0 Å². The maximum Gasteiger partial charge on any atom is 0.142 e. The minimum Gasteiger partial charge on any atom is -0.495 e. The Kier molecular flexibility index (Phi) is 5.17. The van der Waals surface area contributed by atoms with Crippen molar-refractivity contribution in [3.05, 3.63) is 23.2 Å². The number of benzene rings is 1. The highest BCUT2D eigenvalue weighted by Crippen LogP contribution is 2.36. The maximum atomic E-state index is 6.16. The Morgan fingerprint density at radius 2 is 2.15 bits per heavy atom. The van der Waals surface area contributed by atoms with Crippen molar-refractivity contribution in [3.8, 4) is 5.75 Å². The second kappa shape index (κ2) is 6.68. The van der Waals surface area contributed by atoms with Crippen LogP contribution in [0.1, 0.15) is 27.2 Å². The number of piperidine rings is 1. The fourth-order valence-electron chi connectivity index (χ4n) is 3.14. The van der Waals surface area contributed by atoms with Gasteiger partial charge in [0.25, 0.3) is 0 Å². The quantitative estimate of drug-likeness (QED) is 0.919. The van der Waals surface area contributed by atoms with Crippen LogP contribution in [0, 0.1) is 5.92 Å². The van der Waals surface area contributed by atoms with E-state index in [4.69, 9.17) is 16.3 Å². The third-order valence-corrected chi connectivity index (χ3v) is 4.72. The van der Waals surface area contributed by atoms with Crippen LogP contribution in [0.4, 0.5) is 5.69 Å². The third-order valence-electron chi connectivity index (χ3n) is 4.48. The van der Waals surface area contributed by atoms with Gasteiger partial charge in [0.2, 0.25) is 0 Å². The lowest BCUT2D eigenvalue weighted by Gasteiger charge is -2.44. The van der Waals surface area contributed by atoms with Gasteiger partial charge in [0.15, 0.2) is 0 Å². The molecule has 1 aliphatic rings. The molecule has 0 bridgehead atoms. The molecule has 20 heavy (non-hydrogen) atoms. The van der Waals surface area contributed by atoms with Crippen LogP contribution < -0.4 is 15.0 Å². The Morgan fingerprint density at radius 1 is 1.40 bits per heavy atom. The molecule has 112 valence electrons. The molecule has 1 aromatic carbocycles. The minimum absolute atomic E-state index is 0.458. The number of anilines is 1. The van der Waals surface area contributed by atoms with Gasteiger partial charge in [-0.25, -0.2) is 0 Å². The van der Waals surface area contributed by atoms with E-state index < -0.39 is 0 Å². The van der Waals surface area contributed by atoms with E-state index in [0.29, 0.717) is 18.0 Å². The summed E-state index contributed by atoms with van der Waals surface area (Å²) in [6, 6.07) is 6.89. The van der Waals surface area contributed by atoms with Crippen LogP contribution in [0.5, 0.6) is 5.75 Å². The zero-order valence-electron chi connectivity index (χ0n) is 12.8. The summed E-state index contributed by atoms with van der Waals surface area (Å²) in [6.07, 6.45) is 1.15. The molecule has 1 N–H and O–H groups in total. The Morgan fingerprint density at radius 3 is 2.80 bits per heavy atom. The summed E-state index contributed by atoms with van der Waals surface area (Å²) < 4.78 is 5.50. The molecule has 3 nitrogen and oxygen atoms in total. The van der Waals surface area contributed by atoms with E-state index in [2.05, 4.69) is 31.0 Å². The number of nitrogens with one attached hydrogen (secondary N) is 1. The van der Waals surface area contributed by atoms with Crippen LogP contribution in [0.15, 0.2) is 18.2 Å². The largest absolute Gasteiger partial charge is 0.495 e. The second-order valence-electron chi connectivity index (χ2n) is 5.56. The first-order chi connectivity index (χ1) is 9.58. The van der Waals surface area contributed by atoms with Crippen molar-refractivity contribution in [1.29, 1.82) is 0 Å². The fraction of sp³-hybridized carbons (Fsp3) is 0.625. The molecule has 2 rings (SSSR count). The Bertz CT molecular complexity index is 452. The summed E-state index contributed by atoms with van der Waals surface area (Å²) in [4.78, 5) is 2.42. The van der Waals surface area contributed by atoms with Gasteiger partial charge in [-0.3, -0.25) is 0 Å². The standard InChI is InChI=1S/C16H25ClN2O/c1-5-18-14-8-9-19(12(3)11(14)2)15-10-13(17)6-7-16(15)20-4/h6-7,10-12,14,18H,5,8-9H2,1-4H3. The molecule has 0 aromatic heterocycles. The molecule has 0 spiro atoms. The average molecular weight is 297 g/mol. The van der Waals surface area contributed by atoms with Crippen LogP contribution in [-0.4, -0.2) is 32.3 Å². The molecule has 0 saturated carbocycles. The molecule has 1 heterocycles. The van der Waals surface area contributed by atoms with E-state index in [9.17, 15) is 0 Å². The fourth-order valence-corrected chi connectivity index (χ4v) is 3.31. The van der Waals surface area contributed by atoms with E-state index in [0.717, 1.165) is 36.0 Å². The van der Waals surface area contributed by atoms with Crippen LogP contribution in [0.25, 0.3) is 0 Å². The molecule has 4 heteroatoms. The molecular formula is C16H25ClN2O. The summed E-state index contributed by atoms with van der Waals surface area (Å²) in [5.74, 6) is 1.49. The maximum absolute atomic E-state index is 6.16. The van der Waals surface area contributed by atoms with Gasteiger partial charge in [-0.15, -0.1) is 0 Å². The topological polar surface area (TPSA) is 24.5 Å². The SMILES string of the molecule is CCNC1CCN(c2cc(Cl)ccc2OC)C(C)C1C. The Labute approximate surface area is 127 Å². The van der Waals surface area contributed by atoms with E-state index in [1.54, 1.807) is 7.11 Å². The molecule has 1 aliphatic heterocycles. The number of halogens is 1. The number of hydrogen-bond acceptors (Lipinski definition) is 3. The average Bonchev–Trinajstić information content (AvgIpc) is 2.44. The smallest absolute Gasteiger partial charge is 0.142 e. The highest BCUT2D eigenvalue weighted by molar-refractivity contribution is 6.30. The predicted molar refractivity (Wildman–Crippen MR) is 86.1 cm³/mol. The van der Waals surface area contributed by atoms with E-state index in [-0.39, 0.29) is 0 Å². The summed E-state index contributed by atoms with van der Waals surface area (Å²) in [5.41, 5.74) is 1.11. The number of nitrogens with zero attached hydrogens (tertiary/aromatic N) is 1. The first-order valence-electron chi connectivity index (χ1n) is 7.42. The van der Waals surface area contributed by atoms with Gasteiger partial charge in [0.05, 0.1) is 12.8 Å². The molecule has 0 amide bonds. The van der Waals surface area contributed by atoms with Crippen LogP contribution in [0.3, 0.4) is 0 Å². The first-order valence-corrected chi connectivity index (χ1v) is 7.79. The highest BCUT2D eigenvalue weighted by atomic mass is 35.5. The lowest BCUT2D eigenvalue weighted by Crippen LogP contribution is -2.53. The van der Waals surface area contributed by atoms with Gasteiger partial charge < -0.3 is 15.0 Å². The van der Waals surface area contributed by atoms with Gasteiger partial charge in [-0.2, -0.15) is 0 Å². The predicted octanol–water partition coefficient (Wildman–Crippen LogP) is 3.56. The third kappa shape index (κ3) is 3.04. The van der Waals surface area contributed by atoms with Gasteiger partial charge in [-0.1, -0.05) is 25.4 Å². The molecule has 3 atom stereocenters. The van der Waals surface area contributed by atoms with Crippen molar-refractivity contribution in [2.75, 3.05) is 25.1 Å². The van der Waals surface area contributed by atoms with E-state index in [1.807, 2.05) is 18.2 Å². The molecule has 1 saturated heterocycles. The van der Waals surface area contributed by atoms with Crippen molar-refractivity contribution < 1.29 is 4.74 Å². The van der Waals surface area contributed by atoms with Crippen molar-refractivity contribution >= 4 is 17.3 Å². The molecular weight excluding hydrogens is 272 g/mol. The number of ether oxygens (including phenoxy) is 1. The van der Waals surface area contributed by atoms with Crippen LogP contribution >= 0.6 is 11.6 Å². The minimum atomic E-state index is 0.458. The van der Waals surface area contributed by atoms with Crippen molar-refractivity contribution in [2.24, 2.45) is 5.92 Å². The number of methoxy groups -OCH3 is 1. The van der Waals surface area contributed by atoms with Gasteiger partial charge in [0, 0.05) is 23.7 Å². The van der Waals surface area contributed by atoms with Crippen LogP contribution in [0.2, 0.25) is 5.02 Å². The lowest BCUT2D eigenvalue weighted by molar-refractivity contribution is 0.272. The molecule has 1 fully saturated rings. The summed E-state index contributed by atoms with van der Waals surface area (Å²) >= 11 is 6.16. The van der Waals surface area contributed by atoms with E-state index in [1.165, 1.54) is 0 Å². The van der Waals surface area contributed by atoms with Crippen molar-refractivity contribution in [1.82, 2.24) is 5.32 Å². The zero-order valence-corrected chi connectivity index (χ0v) is 13.6. The first kappa shape index (κ1) is 15.5. The zero-order chi connectivity index (χ0) is 14.7. The van der Waals surface area contributed by atoms with Gasteiger partial charge in [-0.05, 0) is 44.0 Å². The molecule has 0 aliphatic carbocycles. The second-order valence-corrected chi connectivity index (χ2v) is 6.00. The lowest BCUT2D eigenvalue weighted by atomic mass is 9.86. The summed E-state index contributed by atoms with van der Waals surface area (Å²) in [7, 11) is 1.71. The van der Waals surface area contributed by atoms with E-state index >= 15 is 0 Å².